The fourth-order valence-electron chi connectivity index (χ4n) is 1.12. The molecule has 0 radical (unpaired) electrons. The number of hydrogen-bond acceptors (Lipinski definition) is 6. The highest BCUT2D eigenvalue weighted by atomic mass is 16.6. The summed E-state index contributed by atoms with van der Waals surface area (Å²) in [7, 11) is 1.40. The standard InChI is InChI=1S/C7H11N5O4/c1-16-4-6(7(13)10-8)11-3-5(2-9-11)12(14)15/h2-3,6H,4,8H2,1H3,(H,10,13). The second-order valence-electron chi connectivity index (χ2n) is 2.92. The second-order valence-corrected chi connectivity index (χ2v) is 2.92. The smallest absolute Gasteiger partial charge is 0.307 e. The average Bonchev–Trinajstić information content (AvgIpc) is 2.74. The molecule has 1 heterocycles. The van der Waals surface area contributed by atoms with E-state index in [4.69, 9.17) is 10.6 Å². The number of hydrogen-bond donors (Lipinski definition) is 2. The molecule has 9 nitrogen and oxygen atoms in total. The van der Waals surface area contributed by atoms with Gasteiger partial charge in [0.15, 0.2) is 6.04 Å². The molecular weight excluding hydrogens is 218 g/mol. The van der Waals surface area contributed by atoms with Gasteiger partial charge in [-0.15, -0.1) is 0 Å². The average molecular weight is 229 g/mol. The van der Waals surface area contributed by atoms with Crippen molar-refractivity contribution in [3.8, 4) is 0 Å². The maximum atomic E-state index is 11.3. The Hall–Kier alpha value is -2.00. The zero-order chi connectivity index (χ0) is 12.1. The number of methoxy groups -OCH3 is 1. The highest BCUT2D eigenvalue weighted by Gasteiger charge is 2.22. The lowest BCUT2D eigenvalue weighted by atomic mass is 10.3. The molecule has 1 rings (SSSR count). The Labute approximate surface area is 90.3 Å². The Morgan fingerprint density at radius 2 is 2.56 bits per heavy atom. The van der Waals surface area contributed by atoms with Gasteiger partial charge in [0.2, 0.25) is 0 Å². The fraction of sp³-hybridized carbons (Fsp3) is 0.429. The lowest BCUT2D eigenvalue weighted by Gasteiger charge is -2.13. The number of carbonyl (C=O) groups is 1. The lowest BCUT2D eigenvalue weighted by Crippen LogP contribution is -2.39. The van der Waals surface area contributed by atoms with Gasteiger partial charge in [-0.2, -0.15) is 5.10 Å². The molecule has 3 N–H and O–H groups in total. The topological polar surface area (TPSA) is 125 Å². The van der Waals surface area contributed by atoms with E-state index in [1.54, 1.807) is 0 Å². The normalized spacial score (nSPS) is 12.1. The van der Waals surface area contributed by atoms with Gasteiger partial charge in [0.05, 0.1) is 11.5 Å². The summed E-state index contributed by atoms with van der Waals surface area (Å²) >= 11 is 0. The number of nitrogens with two attached hydrogens (primary N) is 1. The highest BCUT2D eigenvalue weighted by molar-refractivity contribution is 5.79. The van der Waals surface area contributed by atoms with E-state index in [1.165, 1.54) is 7.11 Å². The monoisotopic (exact) mass is 229 g/mol. The summed E-state index contributed by atoms with van der Waals surface area (Å²) in [6.45, 7) is 0.0157. The van der Waals surface area contributed by atoms with E-state index in [-0.39, 0.29) is 12.3 Å². The molecule has 9 heteroatoms. The molecule has 16 heavy (non-hydrogen) atoms. The molecule has 1 unspecified atom stereocenters. The van der Waals surface area contributed by atoms with Crippen LogP contribution in [-0.4, -0.2) is 34.3 Å². The van der Waals surface area contributed by atoms with Crippen molar-refractivity contribution in [3.05, 3.63) is 22.5 Å². The number of ether oxygens (including phenoxy) is 1. The van der Waals surface area contributed by atoms with Crippen LogP contribution in [0.5, 0.6) is 0 Å². The number of nitrogens with one attached hydrogen (secondary N) is 1. The van der Waals surface area contributed by atoms with Gasteiger partial charge in [0.1, 0.15) is 12.4 Å². The summed E-state index contributed by atoms with van der Waals surface area (Å²) in [5.41, 5.74) is 1.73. The van der Waals surface area contributed by atoms with Crippen LogP contribution in [0.2, 0.25) is 0 Å². The van der Waals surface area contributed by atoms with E-state index in [0.29, 0.717) is 0 Å². The Bertz CT molecular complexity index is 390. The first-order chi connectivity index (χ1) is 7.60. The van der Waals surface area contributed by atoms with E-state index in [9.17, 15) is 14.9 Å². The molecule has 1 amide bonds. The molecular formula is C7H11N5O4. The van der Waals surface area contributed by atoms with Crippen LogP contribution in [-0.2, 0) is 9.53 Å². The molecule has 1 aromatic rings. The lowest BCUT2D eigenvalue weighted by molar-refractivity contribution is -0.385. The number of aromatic nitrogens is 2. The minimum Gasteiger partial charge on any atom is -0.382 e. The third kappa shape index (κ3) is 2.52. The molecule has 88 valence electrons. The molecule has 0 aliphatic rings. The molecule has 1 aromatic heterocycles. The van der Waals surface area contributed by atoms with Gasteiger partial charge in [-0.05, 0) is 0 Å². The summed E-state index contributed by atoms with van der Waals surface area (Å²) in [6.07, 6.45) is 2.19. The molecule has 0 spiro atoms. The highest BCUT2D eigenvalue weighted by Crippen LogP contribution is 2.13. The third-order valence-corrected chi connectivity index (χ3v) is 1.89. The molecule has 0 aromatic carbocycles. The Morgan fingerprint density at radius 3 is 3.00 bits per heavy atom. The maximum Gasteiger partial charge on any atom is 0.307 e. The van der Waals surface area contributed by atoms with Gasteiger partial charge in [-0.1, -0.05) is 0 Å². The number of rotatable bonds is 5. The molecule has 0 aliphatic carbocycles. The van der Waals surface area contributed by atoms with Crippen molar-refractivity contribution in [3.63, 3.8) is 0 Å². The first-order valence-electron chi connectivity index (χ1n) is 4.28. The van der Waals surface area contributed by atoms with Gasteiger partial charge in [-0.3, -0.25) is 25.0 Å². The number of amides is 1. The van der Waals surface area contributed by atoms with Crippen LogP contribution in [0.4, 0.5) is 5.69 Å². The minimum absolute atomic E-state index is 0.0157. The zero-order valence-electron chi connectivity index (χ0n) is 8.49. The van der Waals surface area contributed by atoms with Crippen molar-refractivity contribution in [2.24, 2.45) is 5.84 Å². The predicted molar refractivity (Wildman–Crippen MR) is 52.1 cm³/mol. The van der Waals surface area contributed by atoms with Gasteiger partial charge < -0.3 is 4.74 Å². The van der Waals surface area contributed by atoms with Gasteiger partial charge in [0, 0.05) is 7.11 Å². The first kappa shape index (κ1) is 12.1. The fourth-order valence-corrected chi connectivity index (χ4v) is 1.12. The molecule has 1 atom stereocenters. The second kappa shape index (κ2) is 5.19. The van der Waals surface area contributed by atoms with Gasteiger partial charge in [0.25, 0.3) is 5.91 Å². The van der Waals surface area contributed by atoms with E-state index in [0.717, 1.165) is 17.1 Å². The largest absolute Gasteiger partial charge is 0.382 e. The SMILES string of the molecule is COCC(C(=O)NN)n1cc([N+](=O)[O-])cn1. The number of carbonyl (C=O) groups excluding carboxylic acids is 1. The predicted octanol–water partition coefficient (Wildman–Crippen LogP) is -1.03. The summed E-state index contributed by atoms with van der Waals surface area (Å²) < 4.78 is 5.93. The van der Waals surface area contributed by atoms with Crippen LogP contribution in [0.1, 0.15) is 6.04 Å². The summed E-state index contributed by atoms with van der Waals surface area (Å²) in [6, 6.07) is -0.830. The Morgan fingerprint density at radius 1 is 1.88 bits per heavy atom. The number of hydrazine groups is 1. The van der Waals surface area contributed by atoms with Crippen molar-refractivity contribution >= 4 is 11.6 Å². The van der Waals surface area contributed by atoms with Crippen molar-refractivity contribution < 1.29 is 14.5 Å². The maximum absolute atomic E-state index is 11.3. The number of nitro groups is 1. The van der Waals surface area contributed by atoms with Crippen molar-refractivity contribution in [1.29, 1.82) is 0 Å². The van der Waals surface area contributed by atoms with Crippen LogP contribution in [0.15, 0.2) is 12.4 Å². The molecule has 0 bridgehead atoms. The third-order valence-electron chi connectivity index (χ3n) is 1.89. The molecule has 0 aliphatic heterocycles. The van der Waals surface area contributed by atoms with Crippen LogP contribution >= 0.6 is 0 Å². The van der Waals surface area contributed by atoms with E-state index in [1.807, 2.05) is 5.43 Å². The van der Waals surface area contributed by atoms with Crippen molar-refractivity contribution in [1.82, 2.24) is 15.2 Å². The summed E-state index contributed by atoms with van der Waals surface area (Å²) in [4.78, 5) is 21.2. The molecule has 0 fully saturated rings. The van der Waals surface area contributed by atoms with Crippen LogP contribution in [0.25, 0.3) is 0 Å². The van der Waals surface area contributed by atoms with Gasteiger partial charge >= 0.3 is 5.69 Å². The first-order valence-corrected chi connectivity index (χ1v) is 4.28. The minimum atomic E-state index is -0.830. The van der Waals surface area contributed by atoms with E-state index in [2.05, 4.69) is 5.10 Å². The Kier molecular flexibility index (Phi) is 3.91. The van der Waals surface area contributed by atoms with Crippen LogP contribution < -0.4 is 11.3 Å². The zero-order valence-corrected chi connectivity index (χ0v) is 8.49. The summed E-state index contributed by atoms with van der Waals surface area (Å²) in [5, 5.41) is 14.1. The van der Waals surface area contributed by atoms with Crippen LogP contribution in [0, 0.1) is 10.1 Å². The van der Waals surface area contributed by atoms with Crippen molar-refractivity contribution in [2.75, 3.05) is 13.7 Å². The van der Waals surface area contributed by atoms with E-state index >= 15 is 0 Å². The Balaban J connectivity index is 2.92. The van der Waals surface area contributed by atoms with Crippen LogP contribution in [0.3, 0.4) is 0 Å². The summed E-state index contributed by atoms with van der Waals surface area (Å²) in [5.74, 6) is 4.44. The molecule has 0 saturated heterocycles. The molecule has 0 saturated carbocycles. The number of nitrogens with zero attached hydrogens (tertiary/aromatic N) is 3. The quantitative estimate of drug-likeness (QED) is 0.288. The van der Waals surface area contributed by atoms with E-state index < -0.39 is 16.9 Å². The van der Waals surface area contributed by atoms with Gasteiger partial charge in [-0.25, -0.2) is 5.84 Å². The van der Waals surface area contributed by atoms with Crippen molar-refractivity contribution in [2.45, 2.75) is 6.04 Å².